The van der Waals surface area contributed by atoms with E-state index in [2.05, 4.69) is 40.6 Å². The lowest BCUT2D eigenvalue weighted by molar-refractivity contribution is 0.410. The molecule has 3 N–H and O–H groups in total. The Morgan fingerprint density at radius 1 is 1.12 bits per heavy atom. The lowest BCUT2D eigenvalue weighted by Crippen LogP contribution is -2.33. The highest BCUT2D eigenvalue weighted by Crippen LogP contribution is 2.35. The van der Waals surface area contributed by atoms with E-state index < -0.39 is 0 Å². The fourth-order valence-electron chi connectivity index (χ4n) is 3.58. The van der Waals surface area contributed by atoms with E-state index in [0.717, 1.165) is 43.4 Å². The normalized spacial score (nSPS) is 22.8. The first-order valence-electron chi connectivity index (χ1n) is 8.54. The van der Waals surface area contributed by atoms with E-state index >= 15 is 0 Å². The highest BCUT2D eigenvalue weighted by Gasteiger charge is 2.22. The number of nitrogens with two attached hydrogens (primary N) is 1. The molecule has 2 aliphatic carbocycles. The van der Waals surface area contributed by atoms with Gasteiger partial charge in [0.15, 0.2) is 0 Å². The minimum absolute atomic E-state index is 0.338. The summed E-state index contributed by atoms with van der Waals surface area (Å²) in [7, 11) is 0. The van der Waals surface area contributed by atoms with Crippen LogP contribution < -0.4 is 11.1 Å². The van der Waals surface area contributed by atoms with Crippen LogP contribution in [0, 0.1) is 0 Å². The monoisotopic (exact) mass is 340 g/mol. The van der Waals surface area contributed by atoms with Crippen molar-refractivity contribution in [1.29, 1.82) is 0 Å². The Hall–Kier alpha value is -1.91. The molecule has 5 heteroatoms. The van der Waals surface area contributed by atoms with Crippen molar-refractivity contribution in [2.45, 2.75) is 44.2 Å². The standard InChI is InChI=1S/C19H21ClN4/c20-17-11-22-19(23-14-8-6-13(21)7-9-14)24-18(17)16-10-5-12-3-1-2-4-15(12)16/h1-4,10-11,13-14H,5-9,21H2,(H,22,23,24)/t13-,14-. The Kier molecular flexibility index (Phi) is 4.25. The largest absolute Gasteiger partial charge is 0.351 e. The number of nitrogens with one attached hydrogen (secondary N) is 1. The number of benzene rings is 1. The molecular weight excluding hydrogens is 320 g/mol. The van der Waals surface area contributed by atoms with E-state index in [0.29, 0.717) is 23.1 Å². The zero-order chi connectivity index (χ0) is 16.5. The molecule has 4 nitrogen and oxygen atoms in total. The molecule has 0 aliphatic heterocycles. The van der Waals surface area contributed by atoms with E-state index in [4.69, 9.17) is 22.3 Å². The fraction of sp³-hybridized carbons (Fsp3) is 0.368. The van der Waals surface area contributed by atoms with Gasteiger partial charge in [0.25, 0.3) is 0 Å². The van der Waals surface area contributed by atoms with Crippen LogP contribution in [-0.4, -0.2) is 22.1 Å². The van der Waals surface area contributed by atoms with Crippen molar-refractivity contribution in [1.82, 2.24) is 9.97 Å². The number of aromatic nitrogens is 2. The summed E-state index contributed by atoms with van der Waals surface area (Å²) in [5, 5.41) is 4.04. The van der Waals surface area contributed by atoms with Gasteiger partial charge < -0.3 is 11.1 Å². The molecule has 1 aromatic heterocycles. The molecule has 24 heavy (non-hydrogen) atoms. The second-order valence-electron chi connectivity index (χ2n) is 6.63. The smallest absolute Gasteiger partial charge is 0.223 e. The number of nitrogens with zero attached hydrogens (tertiary/aromatic N) is 2. The van der Waals surface area contributed by atoms with Crippen molar-refractivity contribution in [2.24, 2.45) is 5.73 Å². The summed E-state index contributed by atoms with van der Waals surface area (Å²) in [5.74, 6) is 0.653. The van der Waals surface area contributed by atoms with Crippen LogP contribution in [0.1, 0.15) is 42.5 Å². The van der Waals surface area contributed by atoms with Crippen LogP contribution in [0.2, 0.25) is 5.02 Å². The number of hydrogen-bond donors (Lipinski definition) is 2. The Balaban J connectivity index is 1.59. The zero-order valence-electron chi connectivity index (χ0n) is 13.5. The van der Waals surface area contributed by atoms with Crippen LogP contribution in [0.25, 0.3) is 5.57 Å². The van der Waals surface area contributed by atoms with E-state index in [1.54, 1.807) is 6.20 Å². The van der Waals surface area contributed by atoms with Crippen molar-refractivity contribution in [3.63, 3.8) is 0 Å². The maximum Gasteiger partial charge on any atom is 0.223 e. The third kappa shape index (κ3) is 3.04. The summed E-state index contributed by atoms with van der Waals surface area (Å²) in [6.07, 6.45) is 9.05. The summed E-state index contributed by atoms with van der Waals surface area (Å²) in [6.45, 7) is 0. The van der Waals surface area contributed by atoms with Gasteiger partial charge in [-0.05, 0) is 43.2 Å². The highest BCUT2D eigenvalue weighted by atomic mass is 35.5. The van der Waals surface area contributed by atoms with Crippen molar-refractivity contribution in [3.8, 4) is 0 Å². The van der Waals surface area contributed by atoms with Gasteiger partial charge in [-0.2, -0.15) is 0 Å². The van der Waals surface area contributed by atoms with Crippen LogP contribution in [0.4, 0.5) is 5.95 Å². The molecule has 0 radical (unpaired) electrons. The molecule has 1 fully saturated rings. The van der Waals surface area contributed by atoms with E-state index in [-0.39, 0.29) is 0 Å². The van der Waals surface area contributed by atoms with Gasteiger partial charge in [-0.25, -0.2) is 9.97 Å². The third-order valence-electron chi connectivity index (χ3n) is 4.94. The van der Waals surface area contributed by atoms with Gasteiger partial charge in [0.05, 0.1) is 16.9 Å². The number of anilines is 1. The van der Waals surface area contributed by atoms with Crippen molar-refractivity contribution < 1.29 is 0 Å². The average Bonchev–Trinajstić information content (AvgIpc) is 3.03. The van der Waals surface area contributed by atoms with Gasteiger partial charge in [0.1, 0.15) is 0 Å². The lowest BCUT2D eigenvalue weighted by atomic mass is 9.92. The Morgan fingerprint density at radius 2 is 1.92 bits per heavy atom. The van der Waals surface area contributed by atoms with E-state index in [1.165, 1.54) is 11.1 Å². The predicted octanol–water partition coefficient (Wildman–Crippen LogP) is 3.80. The van der Waals surface area contributed by atoms with Crippen LogP contribution in [0.15, 0.2) is 36.5 Å². The minimum atomic E-state index is 0.338. The van der Waals surface area contributed by atoms with Crippen LogP contribution >= 0.6 is 11.6 Å². The molecular formula is C19H21ClN4. The minimum Gasteiger partial charge on any atom is -0.351 e. The molecule has 0 bridgehead atoms. The third-order valence-corrected chi connectivity index (χ3v) is 5.21. The fourth-order valence-corrected chi connectivity index (χ4v) is 3.77. The quantitative estimate of drug-likeness (QED) is 0.892. The van der Waals surface area contributed by atoms with Crippen LogP contribution in [-0.2, 0) is 6.42 Å². The maximum absolute atomic E-state index is 6.39. The lowest BCUT2D eigenvalue weighted by Gasteiger charge is -2.26. The van der Waals surface area contributed by atoms with Gasteiger partial charge in [0.2, 0.25) is 5.95 Å². The zero-order valence-corrected chi connectivity index (χ0v) is 14.3. The summed E-state index contributed by atoms with van der Waals surface area (Å²) >= 11 is 6.39. The molecule has 1 aromatic carbocycles. The van der Waals surface area contributed by atoms with Gasteiger partial charge in [-0.3, -0.25) is 0 Å². The molecule has 2 aliphatic rings. The van der Waals surface area contributed by atoms with E-state index in [1.807, 2.05) is 0 Å². The summed E-state index contributed by atoms with van der Waals surface area (Å²) in [4.78, 5) is 9.08. The van der Waals surface area contributed by atoms with Crippen molar-refractivity contribution in [3.05, 3.63) is 58.4 Å². The topological polar surface area (TPSA) is 63.8 Å². The van der Waals surface area contributed by atoms with Crippen molar-refractivity contribution >= 4 is 23.1 Å². The van der Waals surface area contributed by atoms with Crippen LogP contribution in [0.5, 0.6) is 0 Å². The molecule has 0 saturated heterocycles. The molecule has 4 rings (SSSR count). The summed E-state index contributed by atoms with van der Waals surface area (Å²) in [5.41, 5.74) is 10.4. The summed E-state index contributed by atoms with van der Waals surface area (Å²) < 4.78 is 0. The molecule has 0 amide bonds. The first kappa shape index (κ1) is 15.6. The molecule has 1 heterocycles. The van der Waals surface area contributed by atoms with Crippen LogP contribution in [0.3, 0.4) is 0 Å². The number of hydrogen-bond acceptors (Lipinski definition) is 4. The highest BCUT2D eigenvalue weighted by molar-refractivity contribution is 6.32. The summed E-state index contributed by atoms with van der Waals surface area (Å²) in [6, 6.07) is 9.13. The van der Waals surface area contributed by atoms with Gasteiger partial charge >= 0.3 is 0 Å². The second kappa shape index (κ2) is 6.54. The number of halogens is 1. The molecule has 0 spiro atoms. The van der Waals surface area contributed by atoms with Gasteiger partial charge in [0, 0.05) is 17.7 Å². The molecule has 2 aromatic rings. The molecule has 124 valence electrons. The average molecular weight is 341 g/mol. The molecule has 0 atom stereocenters. The predicted molar refractivity (Wildman–Crippen MR) is 98.1 cm³/mol. The first-order chi connectivity index (χ1) is 11.7. The van der Waals surface area contributed by atoms with Gasteiger partial charge in [-0.1, -0.05) is 41.9 Å². The number of fused-ring (bicyclic) bond motifs is 1. The first-order valence-corrected chi connectivity index (χ1v) is 8.92. The van der Waals surface area contributed by atoms with E-state index in [9.17, 15) is 0 Å². The van der Waals surface area contributed by atoms with Gasteiger partial charge in [-0.15, -0.1) is 0 Å². The molecule has 1 saturated carbocycles. The molecule has 0 unspecified atom stereocenters. The number of rotatable bonds is 3. The Morgan fingerprint density at radius 3 is 2.75 bits per heavy atom. The SMILES string of the molecule is N[C@H]1CC[C@H](Nc2ncc(Cl)c(C3=CCc4ccccc43)n2)CC1. The van der Waals surface area contributed by atoms with Crippen molar-refractivity contribution in [2.75, 3.05) is 5.32 Å². The Bertz CT molecular complexity index is 779. The number of allylic oxidation sites excluding steroid dienone is 1. The Labute approximate surface area is 147 Å². The second-order valence-corrected chi connectivity index (χ2v) is 7.03. The maximum atomic E-state index is 6.39.